The Kier molecular flexibility index (Phi) is 8.03. The average Bonchev–Trinajstić information content (AvgIpc) is 2.96. The maximum atomic E-state index is 12.3. The van der Waals surface area contributed by atoms with E-state index in [2.05, 4.69) is 20.9 Å². The molecule has 8 nitrogen and oxygen atoms in total. The molecule has 154 valence electrons. The first-order valence-corrected chi connectivity index (χ1v) is 10.1. The minimum Gasteiger partial charge on any atom is -0.506 e. The highest BCUT2D eigenvalue weighted by Gasteiger charge is 2.33. The summed E-state index contributed by atoms with van der Waals surface area (Å²) in [5.74, 6) is -2.48. The largest absolute Gasteiger partial charge is 0.506 e. The van der Waals surface area contributed by atoms with Crippen molar-refractivity contribution in [1.82, 2.24) is 0 Å². The molecule has 0 saturated carbocycles. The van der Waals surface area contributed by atoms with Crippen molar-refractivity contribution in [3.8, 4) is 5.75 Å². The van der Waals surface area contributed by atoms with E-state index in [0.717, 1.165) is 11.8 Å². The number of hydrogen-bond donors (Lipinski definition) is 2. The lowest BCUT2D eigenvalue weighted by Crippen LogP contribution is -2.14. The van der Waals surface area contributed by atoms with E-state index in [1.165, 1.54) is 6.08 Å². The average molecular weight is 484 g/mol. The third kappa shape index (κ3) is 5.94. The van der Waals surface area contributed by atoms with Gasteiger partial charge in [-0.1, -0.05) is 34.6 Å². The van der Waals surface area contributed by atoms with Crippen LogP contribution in [0.3, 0.4) is 0 Å². The standard InChI is InChI=1S/C19H18BrNO7S/c1-3-14(22)21-18-16(19(26)27-4-2)17(25)13(29-18)8-10-7-11(20)5-6-12(10)28-9-15(23)24/h5-8,25H,3-4,9H2,1-2H3,(H,23,24)/b13-8-,21-18?. The Morgan fingerprint density at radius 3 is 2.62 bits per heavy atom. The SMILES string of the molecule is CCOC(=O)C1=C(O)/C(=C/c2cc(Br)ccc2OCC(=O)O)SC1=NC(=O)CC. The molecule has 1 aromatic rings. The second-order valence-corrected chi connectivity index (χ2v) is 7.53. The number of aliphatic carboxylic acids is 1. The predicted molar refractivity (Wildman–Crippen MR) is 112 cm³/mol. The monoisotopic (exact) mass is 483 g/mol. The maximum absolute atomic E-state index is 12.3. The van der Waals surface area contributed by atoms with Crippen molar-refractivity contribution in [3.05, 3.63) is 44.5 Å². The molecule has 2 N–H and O–H groups in total. The van der Waals surface area contributed by atoms with E-state index in [4.69, 9.17) is 14.6 Å². The summed E-state index contributed by atoms with van der Waals surface area (Å²) in [6, 6.07) is 4.91. The van der Waals surface area contributed by atoms with Crippen molar-refractivity contribution in [3.63, 3.8) is 0 Å². The molecule has 0 radical (unpaired) electrons. The van der Waals surface area contributed by atoms with Gasteiger partial charge in [0.25, 0.3) is 0 Å². The first-order chi connectivity index (χ1) is 13.8. The number of aliphatic hydroxyl groups is 1. The molecule has 0 atom stereocenters. The van der Waals surface area contributed by atoms with E-state index in [0.29, 0.717) is 10.0 Å². The zero-order valence-corrected chi connectivity index (χ0v) is 18.0. The van der Waals surface area contributed by atoms with Crippen molar-refractivity contribution in [2.45, 2.75) is 20.3 Å². The molecule has 1 aliphatic rings. The smallest absolute Gasteiger partial charge is 0.344 e. The van der Waals surface area contributed by atoms with Gasteiger partial charge in [-0.2, -0.15) is 0 Å². The second-order valence-electron chi connectivity index (χ2n) is 5.58. The molecule has 1 aromatic carbocycles. The molecule has 0 spiro atoms. The van der Waals surface area contributed by atoms with Gasteiger partial charge in [-0.05, 0) is 31.2 Å². The number of nitrogens with zero attached hydrogens (tertiary/aromatic N) is 1. The van der Waals surface area contributed by atoms with Crippen LogP contribution in [0.2, 0.25) is 0 Å². The van der Waals surface area contributed by atoms with Crippen molar-refractivity contribution >= 4 is 56.7 Å². The van der Waals surface area contributed by atoms with Crippen molar-refractivity contribution in [2.24, 2.45) is 4.99 Å². The van der Waals surface area contributed by atoms with Gasteiger partial charge >= 0.3 is 11.9 Å². The van der Waals surface area contributed by atoms with Crippen LogP contribution in [-0.2, 0) is 19.1 Å². The zero-order valence-electron chi connectivity index (χ0n) is 15.6. The topological polar surface area (TPSA) is 122 Å². The number of carboxylic acid groups (broad SMARTS) is 1. The van der Waals surface area contributed by atoms with E-state index < -0.39 is 24.5 Å². The number of ether oxygens (including phenoxy) is 2. The highest BCUT2D eigenvalue weighted by atomic mass is 79.9. The molecule has 0 unspecified atom stereocenters. The molecule has 1 aliphatic heterocycles. The molecule has 1 heterocycles. The van der Waals surface area contributed by atoms with Crippen LogP contribution in [0.25, 0.3) is 6.08 Å². The predicted octanol–water partition coefficient (Wildman–Crippen LogP) is 3.71. The highest BCUT2D eigenvalue weighted by Crippen LogP contribution is 2.40. The third-order valence-electron chi connectivity index (χ3n) is 3.51. The number of amides is 1. The van der Waals surface area contributed by atoms with Crippen LogP contribution in [0.4, 0.5) is 0 Å². The van der Waals surface area contributed by atoms with Gasteiger partial charge in [-0.15, -0.1) is 0 Å². The number of carbonyl (C=O) groups is 3. The second kappa shape index (κ2) is 10.3. The van der Waals surface area contributed by atoms with Gasteiger partial charge in [-0.25, -0.2) is 14.6 Å². The molecule has 0 aliphatic carbocycles. The van der Waals surface area contributed by atoms with Gasteiger partial charge in [0.15, 0.2) is 6.61 Å². The van der Waals surface area contributed by atoms with E-state index >= 15 is 0 Å². The quantitative estimate of drug-likeness (QED) is 0.562. The van der Waals surface area contributed by atoms with Gasteiger partial charge in [0.05, 0.1) is 11.5 Å². The van der Waals surface area contributed by atoms with Crippen molar-refractivity contribution in [2.75, 3.05) is 13.2 Å². The van der Waals surface area contributed by atoms with Crippen LogP contribution in [0.15, 0.2) is 43.9 Å². The Morgan fingerprint density at radius 1 is 1.28 bits per heavy atom. The number of hydrogen-bond acceptors (Lipinski definition) is 7. The Morgan fingerprint density at radius 2 is 2.00 bits per heavy atom. The van der Waals surface area contributed by atoms with E-state index in [9.17, 15) is 19.5 Å². The highest BCUT2D eigenvalue weighted by molar-refractivity contribution is 9.10. The van der Waals surface area contributed by atoms with Crippen LogP contribution in [0.5, 0.6) is 5.75 Å². The first-order valence-electron chi connectivity index (χ1n) is 8.53. The van der Waals surface area contributed by atoms with Gasteiger partial charge < -0.3 is 19.7 Å². The molecule has 1 amide bonds. The summed E-state index contributed by atoms with van der Waals surface area (Å²) in [5, 5.41) is 19.5. The van der Waals surface area contributed by atoms with Crippen LogP contribution < -0.4 is 4.74 Å². The summed E-state index contributed by atoms with van der Waals surface area (Å²) < 4.78 is 10.9. The lowest BCUT2D eigenvalue weighted by molar-refractivity contribution is -0.139. The van der Waals surface area contributed by atoms with Crippen molar-refractivity contribution < 1.29 is 34.1 Å². The Balaban J connectivity index is 2.51. The zero-order chi connectivity index (χ0) is 21.6. The number of esters is 1. The fraction of sp³-hybridized carbons (Fsp3) is 0.263. The van der Waals surface area contributed by atoms with Crippen LogP contribution in [-0.4, -0.2) is 46.3 Å². The molecule has 0 bridgehead atoms. The number of rotatable bonds is 7. The van der Waals surface area contributed by atoms with E-state index in [-0.39, 0.29) is 40.1 Å². The summed E-state index contributed by atoms with van der Waals surface area (Å²) in [6.07, 6.45) is 1.65. The summed E-state index contributed by atoms with van der Waals surface area (Å²) in [6.45, 7) is 2.80. The third-order valence-corrected chi connectivity index (χ3v) is 5.02. The lowest BCUT2D eigenvalue weighted by Gasteiger charge is -2.08. The number of thioether (sulfide) groups is 1. The molecule has 29 heavy (non-hydrogen) atoms. The van der Waals surface area contributed by atoms with Gasteiger partial charge in [0, 0.05) is 16.5 Å². The lowest BCUT2D eigenvalue weighted by atomic mass is 10.1. The Bertz CT molecular complexity index is 936. The van der Waals surface area contributed by atoms with Crippen LogP contribution in [0, 0.1) is 0 Å². The molecule has 0 aromatic heterocycles. The maximum Gasteiger partial charge on any atom is 0.344 e. The number of halogens is 1. The molecule has 0 saturated heterocycles. The Labute approximate surface area is 179 Å². The van der Waals surface area contributed by atoms with Gasteiger partial charge in [0.1, 0.15) is 22.1 Å². The molecule has 2 rings (SSSR count). The number of carboxylic acids is 1. The number of benzene rings is 1. The van der Waals surface area contributed by atoms with Gasteiger partial charge in [0.2, 0.25) is 5.91 Å². The molecular formula is C19H18BrNO7S. The summed E-state index contributed by atoms with van der Waals surface area (Å²) in [7, 11) is 0. The molecule has 10 heteroatoms. The fourth-order valence-electron chi connectivity index (χ4n) is 2.23. The minimum atomic E-state index is -1.14. The number of aliphatic hydroxyl groups excluding tert-OH is 1. The fourth-order valence-corrected chi connectivity index (χ4v) is 3.63. The normalized spacial score (nSPS) is 16.4. The van der Waals surface area contributed by atoms with Crippen LogP contribution >= 0.6 is 27.7 Å². The van der Waals surface area contributed by atoms with Crippen LogP contribution in [0.1, 0.15) is 25.8 Å². The van der Waals surface area contributed by atoms with Gasteiger partial charge in [-0.3, -0.25) is 4.79 Å². The van der Waals surface area contributed by atoms with E-state index in [1.807, 2.05) is 0 Å². The first kappa shape index (κ1) is 22.7. The van der Waals surface area contributed by atoms with E-state index in [1.54, 1.807) is 32.0 Å². The number of carbonyl (C=O) groups excluding carboxylic acids is 2. The summed E-state index contributed by atoms with van der Waals surface area (Å²) in [5.41, 5.74) is 0.272. The minimum absolute atomic E-state index is 0.0436. The molecular weight excluding hydrogens is 466 g/mol. The molecule has 0 fully saturated rings. The summed E-state index contributed by atoms with van der Waals surface area (Å²) >= 11 is 4.26. The van der Waals surface area contributed by atoms with Crippen molar-refractivity contribution in [1.29, 1.82) is 0 Å². The summed E-state index contributed by atoms with van der Waals surface area (Å²) in [4.78, 5) is 38.9. The number of aliphatic imine (C=N–C) groups is 1. The Hall–Kier alpha value is -2.59.